The van der Waals surface area contributed by atoms with E-state index in [-0.39, 0.29) is 25.9 Å². The van der Waals surface area contributed by atoms with Gasteiger partial charge in [-0.15, -0.1) is 0 Å². The van der Waals surface area contributed by atoms with E-state index in [2.05, 4.69) is 106 Å². The highest BCUT2D eigenvalue weighted by atomic mass is 16.7. The van der Waals surface area contributed by atoms with Gasteiger partial charge in [0, 0.05) is 19.3 Å². The number of carboxylic acid groups (broad SMARTS) is 1. The van der Waals surface area contributed by atoms with Gasteiger partial charge in [-0.2, -0.15) is 0 Å². The number of hydrogen-bond acceptors (Lipinski definition) is 11. The van der Waals surface area contributed by atoms with Crippen molar-refractivity contribution in [2.75, 3.05) is 13.2 Å². The van der Waals surface area contributed by atoms with Gasteiger partial charge in [0.15, 0.2) is 24.6 Å². The Morgan fingerprint density at radius 1 is 0.430 bits per heavy atom. The first-order chi connectivity index (χ1) is 38.6. The summed E-state index contributed by atoms with van der Waals surface area (Å²) in [5.41, 5.74) is 0. The molecule has 0 aromatic heterocycles. The smallest absolute Gasteiger partial charge is 0.335 e. The summed E-state index contributed by atoms with van der Waals surface area (Å²) in [5, 5.41) is 31.5. The maximum Gasteiger partial charge on any atom is 0.335 e. The lowest BCUT2D eigenvalue weighted by molar-refractivity contribution is -0.301. The molecule has 1 aliphatic heterocycles. The minimum absolute atomic E-state index is 0.0330. The average molecular weight is 1110 g/mol. The van der Waals surface area contributed by atoms with E-state index in [4.69, 9.17) is 23.7 Å². The molecule has 1 aliphatic rings. The number of carboxylic acids is 1. The molecule has 1 heterocycles. The van der Waals surface area contributed by atoms with Crippen molar-refractivity contribution < 1.29 is 58.2 Å². The van der Waals surface area contributed by atoms with E-state index in [1.165, 1.54) is 89.9 Å². The van der Waals surface area contributed by atoms with Crippen molar-refractivity contribution in [1.29, 1.82) is 0 Å². The Kier molecular flexibility index (Phi) is 49.9. The molecule has 0 bridgehead atoms. The Labute approximate surface area is 479 Å². The fourth-order valence-corrected chi connectivity index (χ4v) is 8.96. The van der Waals surface area contributed by atoms with Gasteiger partial charge in [-0.3, -0.25) is 14.4 Å². The molecule has 0 amide bonds. The zero-order valence-electron chi connectivity index (χ0n) is 49.6. The molecular weight excluding hydrogens is 997 g/mol. The summed E-state index contributed by atoms with van der Waals surface area (Å²) >= 11 is 0. The first kappa shape index (κ1) is 72.7. The third-order valence-corrected chi connectivity index (χ3v) is 13.7. The standard InChI is InChI=1S/C67H110O12/c1-4-7-10-13-16-19-22-25-27-29-30-32-34-37-40-43-46-49-52-55-61(70)78-65-63(72)62(71)64(66(73)74)79-67(65)76-57-58(77-60(69)54-51-48-45-42-39-35-24-21-18-15-12-9-6-3)56-75-59(68)53-50-47-44-41-38-36-33-31-28-26-23-20-17-14-11-8-5-2/h8-9,11-12,17-18,20-21,26,28,33,35-36,39,45,48,58,62-65,67,71-72H,4-7,10,13-16,19,22-25,27,29-32,34,37-38,40-44,46-47,49-57H2,1-3H3,(H,73,74)/b11-8-,12-9-,20-17-,21-18-,28-26-,36-33-,39-35-,48-45-. The monoisotopic (exact) mass is 1110 g/mol. The van der Waals surface area contributed by atoms with Crippen LogP contribution in [-0.2, 0) is 42.9 Å². The fourth-order valence-electron chi connectivity index (χ4n) is 8.96. The van der Waals surface area contributed by atoms with E-state index < -0.39 is 67.3 Å². The van der Waals surface area contributed by atoms with Gasteiger partial charge in [0.25, 0.3) is 0 Å². The van der Waals surface area contributed by atoms with Gasteiger partial charge < -0.3 is 39.0 Å². The summed E-state index contributed by atoms with van der Waals surface area (Å²) in [7, 11) is 0. The Hall–Kier alpha value is -4.36. The molecular formula is C67H110O12. The Morgan fingerprint density at radius 2 is 0.823 bits per heavy atom. The number of carbonyl (C=O) groups excluding carboxylic acids is 3. The molecule has 0 radical (unpaired) electrons. The second-order valence-corrected chi connectivity index (χ2v) is 20.9. The molecule has 450 valence electrons. The van der Waals surface area contributed by atoms with Gasteiger partial charge in [0.1, 0.15) is 18.8 Å². The largest absolute Gasteiger partial charge is 0.479 e. The van der Waals surface area contributed by atoms with Crippen LogP contribution >= 0.6 is 0 Å². The first-order valence-corrected chi connectivity index (χ1v) is 31.2. The lowest BCUT2D eigenvalue weighted by Gasteiger charge is -2.40. The number of esters is 3. The lowest BCUT2D eigenvalue weighted by atomic mass is 9.98. The van der Waals surface area contributed by atoms with Crippen molar-refractivity contribution in [1.82, 2.24) is 0 Å². The van der Waals surface area contributed by atoms with Crippen LogP contribution in [0.3, 0.4) is 0 Å². The number of aliphatic hydroxyl groups is 2. The van der Waals surface area contributed by atoms with Gasteiger partial charge >= 0.3 is 23.9 Å². The van der Waals surface area contributed by atoms with Crippen molar-refractivity contribution in [3.8, 4) is 0 Å². The quantitative estimate of drug-likeness (QED) is 0.0228. The number of aliphatic carboxylic acids is 1. The van der Waals surface area contributed by atoms with Crippen LogP contribution in [-0.4, -0.2) is 89.2 Å². The summed E-state index contributed by atoms with van der Waals surface area (Å²) in [5.74, 6) is -3.26. The van der Waals surface area contributed by atoms with Crippen molar-refractivity contribution in [3.05, 3.63) is 97.2 Å². The summed E-state index contributed by atoms with van der Waals surface area (Å²) in [6, 6.07) is 0. The van der Waals surface area contributed by atoms with Crippen LogP contribution in [0.4, 0.5) is 0 Å². The van der Waals surface area contributed by atoms with Crippen LogP contribution in [0.25, 0.3) is 0 Å². The zero-order chi connectivity index (χ0) is 57.5. The predicted molar refractivity (Wildman–Crippen MR) is 321 cm³/mol. The molecule has 0 aliphatic carbocycles. The summed E-state index contributed by atoms with van der Waals surface area (Å²) < 4.78 is 28.4. The number of allylic oxidation sites excluding steroid dienone is 16. The molecule has 12 heteroatoms. The van der Waals surface area contributed by atoms with Crippen LogP contribution in [0.5, 0.6) is 0 Å². The highest BCUT2D eigenvalue weighted by Gasteiger charge is 2.50. The molecule has 79 heavy (non-hydrogen) atoms. The molecule has 0 saturated carbocycles. The molecule has 12 nitrogen and oxygen atoms in total. The normalized spacial score (nSPS) is 18.5. The zero-order valence-corrected chi connectivity index (χ0v) is 49.6. The molecule has 0 aromatic carbocycles. The molecule has 1 fully saturated rings. The van der Waals surface area contributed by atoms with E-state index in [1.54, 1.807) is 0 Å². The Balaban J connectivity index is 2.69. The lowest BCUT2D eigenvalue weighted by Crippen LogP contribution is -2.61. The molecule has 0 aromatic rings. The van der Waals surface area contributed by atoms with E-state index >= 15 is 0 Å². The highest BCUT2D eigenvalue weighted by Crippen LogP contribution is 2.26. The van der Waals surface area contributed by atoms with Crippen molar-refractivity contribution >= 4 is 23.9 Å². The van der Waals surface area contributed by atoms with Gasteiger partial charge in [-0.05, 0) is 83.5 Å². The van der Waals surface area contributed by atoms with E-state index in [0.29, 0.717) is 25.7 Å². The number of aliphatic hydroxyl groups excluding tert-OH is 2. The van der Waals surface area contributed by atoms with Gasteiger partial charge in [-0.25, -0.2) is 4.79 Å². The third kappa shape index (κ3) is 44.0. The van der Waals surface area contributed by atoms with Crippen molar-refractivity contribution in [2.24, 2.45) is 0 Å². The SMILES string of the molecule is CC/C=C\C/C=C\C/C=C\C/C=C\CCCCCCC(=O)OCC(COC1OC(C(=O)O)C(O)C(O)C1OC(=O)CCCCCCCCCCCCCCCCCCCCC)OC(=O)CC/C=C\C/C=C\C/C=C\C/C=C\CC. The summed E-state index contributed by atoms with van der Waals surface area (Å²) in [4.78, 5) is 51.2. The second-order valence-electron chi connectivity index (χ2n) is 20.9. The summed E-state index contributed by atoms with van der Waals surface area (Å²) in [6.07, 6.45) is 59.7. The van der Waals surface area contributed by atoms with Gasteiger partial charge in [0.2, 0.25) is 0 Å². The number of hydrogen-bond donors (Lipinski definition) is 3. The minimum atomic E-state index is -1.92. The maximum absolute atomic E-state index is 13.1. The molecule has 1 rings (SSSR count). The summed E-state index contributed by atoms with van der Waals surface area (Å²) in [6.45, 7) is 5.70. The van der Waals surface area contributed by atoms with Crippen LogP contribution < -0.4 is 0 Å². The molecule has 6 atom stereocenters. The van der Waals surface area contributed by atoms with Gasteiger partial charge in [-0.1, -0.05) is 246 Å². The van der Waals surface area contributed by atoms with E-state index in [1.807, 2.05) is 12.2 Å². The number of carbonyl (C=O) groups is 4. The van der Waals surface area contributed by atoms with Crippen LogP contribution in [0, 0.1) is 0 Å². The topological polar surface area (TPSA) is 175 Å². The van der Waals surface area contributed by atoms with Crippen LogP contribution in [0.2, 0.25) is 0 Å². The first-order valence-electron chi connectivity index (χ1n) is 31.2. The maximum atomic E-state index is 13.1. The van der Waals surface area contributed by atoms with Crippen LogP contribution in [0.15, 0.2) is 97.2 Å². The molecule has 3 N–H and O–H groups in total. The van der Waals surface area contributed by atoms with Crippen LogP contribution in [0.1, 0.15) is 252 Å². The number of rotatable bonds is 52. The van der Waals surface area contributed by atoms with Gasteiger partial charge in [0.05, 0.1) is 6.61 Å². The Morgan fingerprint density at radius 3 is 1.27 bits per heavy atom. The molecule has 0 spiro atoms. The van der Waals surface area contributed by atoms with Crippen molar-refractivity contribution in [2.45, 2.75) is 289 Å². The number of ether oxygens (including phenoxy) is 5. The molecule has 1 saturated heterocycles. The third-order valence-electron chi connectivity index (χ3n) is 13.7. The van der Waals surface area contributed by atoms with E-state index in [0.717, 1.165) is 96.3 Å². The fraction of sp³-hybridized carbons (Fsp3) is 0.701. The minimum Gasteiger partial charge on any atom is -0.479 e. The van der Waals surface area contributed by atoms with Crippen molar-refractivity contribution in [3.63, 3.8) is 0 Å². The number of unbranched alkanes of at least 4 members (excludes halogenated alkanes) is 22. The Bertz CT molecular complexity index is 1740. The second kappa shape index (κ2) is 54.2. The van der Waals surface area contributed by atoms with E-state index in [9.17, 15) is 34.5 Å². The predicted octanol–water partition coefficient (Wildman–Crippen LogP) is 16.5. The molecule has 6 unspecified atom stereocenters. The highest BCUT2D eigenvalue weighted by molar-refractivity contribution is 5.74. The average Bonchev–Trinajstić information content (AvgIpc) is 3.47.